The number of hydrogen-bond donors (Lipinski definition) is 0. The number of hydrogen-bond acceptors (Lipinski definition) is 3. The molecule has 1 aromatic rings. The maximum absolute atomic E-state index is 8.88. The molecule has 0 radical (unpaired) electrons. The van der Waals surface area contributed by atoms with Crippen LogP contribution >= 0.6 is 0 Å². The molecule has 1 aromatic carbocycles. The first-order valence-corrected chi connectivity index (χ1v) is 6.03. The van der Waals surface area contributed by atoms with Gasteiger partial charge in [0.05, 0.1) is 25.3 Å². The van der Waals surface area contributed by atoms with Gasteiger partial charge < -0.3 is 4.74 Å². The van der Waals surface area contributed by atoms with Crippen LogP contribution < -0.4 is 0 Å². The molecule has 1 aliphatic heterocycles. The van der Waals surface area contributed by atoms with E-state index in [0.717, 1.165) is 0 Å². The van der Waals surface area contributed by atoms with Gasteiger partial charge in [0, 0.05) is 12.1 Å². The number of morpholine rings is 1. The molecule has 3 heteroatoms. The molecule has 90 valence electrons. The zero-order valence-electron chi connectivity index (χ0n) is 10.3. The molecule has 1 heterocycles. The molecule has 1 saturated heterocycles. The topological polar surface area (TPSA) is 36.3 Å². The van der Waals surface area contributed by atoms with E-state index in [0.29, 0.717) is 19.2 Å². The molecule has 0 amide bonds. The van der Waals surface area contributed by atoms with Crippen molar-refractivity contribution < 1.29 is 4.74 Å². The fourth-order valence-electron chi connectivity index (χ4n) is 2.45. The average Bonchev–Trinajstić information content (AvgIpc) is 2.36. The highest BCUT2D eigenvalue weighted by Gasteiger charge is 2.33. The van der Waals surface area contributed by atoms with Crippen molar-refractivity contribution in [2.75, 3.05) is 13.2 Å². The van der Waals surface area contributed by atoms with E-state index in [9.17, 15) is 0 Å². The van der Waals surface area contributed by atoms with Crippen LogP contribution in [-0.4, -0.2) is 30.1 Å². The lowest BCUT2D eigenvalue weighted by atomic mass is 9.99. The van der Waals surface area contributed by atoms with Crippen molar-refractivity contribution in [2.45, 2.75) is 32.0 Å². The molecular weight excluding hydrogens is 212 g/mol. The molecule has 3 atom stereocenters. The van der Waals surface area contributed by atoms with Gasteiger partial charge in [-0.05, 0) is 19.4 Å². The third kappa shape index (κ3) is 2.49. The van der Waals surface area contributed by atoms with Crippen molar-refractivity contribution in [1.82, 2.24) is 4.90 Å². The van der Waals surface area contributed by atoms with Crippen molar-refractivity contribution in [3.8, 4) is 6.07 Å². The van der Waals surface area contributed by atoms with E-state index in [-0.39, 0.29) is 12.1 Å². The van der Waals surface area contributed by atoms with Gasteiger partial charge in [0.15, 0.2) is 0 Å². The summed E-state index contributed by atoms with van der Waals surface area (Å²) in [7, 11) is 0. The van der Waals surface area contributed by atoms with E-state index in [1.165, 1.54) is 5.56 Å². The van der Waals surface area contributed by atoms with Gasteiger partial charge in [0.1, 0.15) is 0 Å². The smallest absolute Gasteiger partial charge is 0.0978 e. The van der Waals surface area contributed by atoms with E-state index in [4.69, 9.17) is 10.00 Å². The highest BCUT2D eigenvalue weighted by atomic mass is 16.5. The predicted molar refractivity (Wildman–Crippen MR) is 66.4 cm³/mol. The third-order valence-corrected chi connectivity index (χ3v) is 3.43. The summed E-state index contributed by atoms with van der Waals surface area (Å²) in [5, 5.41) is 8.88. The third-order valence-electron chi connectivity index (χ3n) is 3.43. The van der Waals surface area contributed by atoms with Crippen LogP contribution in [0.4, 0.5) is 0 Å². The summed E-state index contributed by atoms with van der Waals surface area (Å²) in [4.78, 5) is 2.21. The summed E-state index contributed by atoms with van der Waals surface area (Å²) < 4.78 is 5.91. The lowest BCUT2D eigenvalue weighted by Crippen LogP contribution is -2.50. The van der Waals surface area contributed by atoms with Gasteiger partial charge in [-0.2, -0.15) is 5.26 Å². The van der Waals surface area contributed by atoms with Gasteiger partial charge in [-0.1, -0.05) is 30.3 Å². The number of nitriles is 1. The van der Waals surface area contributed by atoms with Crippen LogP contribution in [-0.2, 0) is 4.74 Å². The molecule has 3 nitrogen and oxygen atoms in total. The first-order chi connectivity index (χ1) is 8.24. The minimum atomic E-state index is 0.0701. The summed E-state index contributed by atoms with van der Waals surface area (Å²) in [6.45, 7) is 5.39. The highest BCUT2D eigenvalue weighted by Crippen LogP contribution is 2.30. The summed E-state index contributed by atoms with van der Waals surface area (Å²) in [6, 6.07) is 13.0. The lowest BCUT2D eigenvalue weighted by Gasteiger charge is -2.42. The van der Waals surface area contributed by atoms with Crippen molar-refractivity contribution in [2.24, 2.45) is 0 Å². The van der Waals surface area contributed by atoms with E-state index >= 15 is 0 Å². The average molecular weight is 230 g/mol. The van der Waals surface area contributed by atoms with E-state index in [1.807, 2.05) is 18.2 Å². The Morgan fingerprint density at radius 2 is 2.06 bits per heavy atom. The minimum absolute atomic E-state index is 0.0701. The monoisotopic (exact) mass is 230 g/mol. The van der Waals surface area contributed by atoms with E-state index < -0.39 is 0 Å². The van der Waals surface area contributed by atoms with Gasteiger partial charge in [-0.3, -0.25) is 4.90 Å². The summed E-state index contributed by atoms with van der Waals surface area (Å²) in [5.74, 6) is 0. The van der Waals surface area contributed by atoms with Crippen LogP contribution in [0, 0.1) is 11.3 Å². The number of nitrogens with zero attached hydrogens (tertiary/aromatic N) is 2. The Balaban J connectivity index is 2.18. The van der Waals surface area contributed by atoms with Crippen LogP contribution in [0.1, 0.15) is 25.5 Å². The Hall–Kier alpha value is -1.37. The van der Waals surface area contributed by atoms with E-state index in [1.54, 1.807) is 0 Å². The van der Waals surface area contributed by atoms with Crippen molar-refractivity contribution in [1.29, 1.82) is 5.26 Å². The predicted octanol–water partition coefficient (Wildman–Crippen LogP) is 2.36. The van der Waals surface area contributed by atoms with Gasteiger partial charge in [-0.15, -0.1) is 0 Å². The number of rotatable bonds is 2. The van der Waals surface area contributed by atoms with Gasteiger partial charge in [-0.25, -0.2) is 0 Å². The summed E-state index contributed by atoms with van der Waals surface area (Å²) in [5.41, 5.74) is 1.19. The number of benzene rings is 1. The molecule has 0 aromatic heterocycles. The van der Waals surface area contributed by atoms with Crippen molar-refractivity contribution in [3.63, 3.8) is 0 Å². The molecule has 17 heavy (non-hydrogen) atoms. The molecule has 2 rings (SSSR count). The van der Waals surface area contributed by atoms with Crippen LogP contribution in [0.25, 0.3) is 0 Å². The molecule has 0 aliphatic carbocycles. The van der Waals surface area contributed by atoms with Crippen LogP contribution in [0.15, 0.2) is 30.3 Å². The van der Waals surface area contributed by atoms with E-state index in [2.05, 4.69) is 36.9 Å². The molecular formula is C14H18N2O. The Labute approximate surface area is 103 Å². The van der Waals surface area contributed by atoms with Crippen LogP contribution in [0.5, 0.6) is 0 Å². The van der Waals surface area contributed by atoms with Crippen LogP contribution in [0.3, 0.4) is 0 Å². The van der Waals surface area contributed by atoms with Crippen LogP contribution in [0.2, 0.25) is 0 Å². The Morgan fingerprint density at radius 1 is 1.35 bits per heavy atom. The second kappa shape index (κ2) is 5.31. The minimum Gasteiger partial charge on any atom is -0.370 e. The number of ether oxygens (including phenoxy) is 1. The van der Waals surface area contributed by atoms with Gasteiger partial charge >= 0.3 is 0 Å². The molecule has 1 fully saturated rings. The SMILES string of the molecule is CC1COC(c2ccccc2)C(C)N1CC#N. The zero-order valence-corrected chi connectivity index (χ0v) is 10.3. The van der Waals surface area contributed by atoms with Gasteiger partial charge in [0.2, 0.25) is 0 Å². The fraction of sp³-hybridized carbons (Fsp3) is 0.500. The first-order valence-electron chi connectivity index (χ1n) is 6.03. The quantitative estimate of drug-likeness (QED) is 0.732. The Kier molecular flexibility index (Phi) is 3.78. The standard InChI is InChI=1S/C14H18N2O/c1-11-10-17-14(12(2)16(11)9-8-15)13-6-4-3-5-7-13/h3-7,11-12,14H,9-10H2,1-2H3. The Morgan fingerprint density at radius 3 is 2.71 bits per heavy atom. The zero-order chi connectivity index (χ0) is 12.3. The molecule has 1 aliphatic rings. The molecule has 0 bridgehead atoms. The van der Waals surface area contributed by atoms with Gasteiger partial charge in [0.25, 0.3) is 0 Å². The summed E-state index contributed by atoms with van der Waals surface area (Å²) >= 11 is 0. The maximum Gasteiger partial charge on any atom is 0.0978 e. The molecule has 0 saturated carbocycles. The Bertz CT molecular complexity index is 398. The second-order valence-corrected chi connectivity index (χ2v) is 4.58. The highest BCUT2D eigenvalue weighted by molar-refractivity contribution is 5.20. The fourth-order valence-corrected chi connectivity index (χ4v) is 2.45. The second-order valence-electron chi connectivity index (χ2n) is 4.58. The molecule has 0 spiro atoms. The lowest BCUT2D eigenvalue weighted by molar-refractivity contribution is -0.0907. The van der Waals surface area contributed by atoms with Crippen molar-refractivity contribution >= 4 is 0 Å². The normalized spacial score (nSPS) is 29.8. The summed E-state index contributed by atoms with van der Waals surface area (Å²) in [6.07, 6.45) is 0.0701. The molecule has 3 unspecified atom stereocenters. The maximum atomic E-state index is 8.88. The first kappa shape index (κ1) is 12.1. The molecule has 0 N–H and O–H groups in total. The van der Waals surface area contributed by atoms with Crippen molar-refractivity contribution in [3.05, 3.63) is 35.9 Å². The largest absolute Gasteiger partial charge is 0.370 e.